The number of rotatable bonds is 5. The summed E-state index contributed by atoms with van der Waals surface area (Å²) in [5, 5.41) is 11.9. The van der Waals surface area contributed by atoms with Gasteiger partial charge in [-0.2, -0.15) is 5.26 Å². The highest BCUT2D eigenvalue weighted by atomic mass is 79.9. The summed E-state index contributed by atoms with van der Waals surface area (Å²) in [5.74, 6) is -0.0574. The Morgan fingerprint density at radius 2 is 2.17 bits per heavy atom. The molecule has 0 unspecified atom stereocenters. The second-order valence-corrected chi connectivity index (χ2v) is 7.70. The molecule has 23 heavy (non-hydrogen) atoms. The number of carbonyl (C=O) groups is 1. The molecular formula is C16H16BrN3O2S. The van der Waals surface area contributed by atoms with E-state index >= 15 is 0 Å². The fourth-order valence-corrected chi connectivity index (χ4v) is 3.80. The minimum atomic E-state index is -0.376. The van der Waals surface area contributed by atoms with Crippen molar-refractivity contribution in [3.8, 4) is 6.07 Å². The van der Waals surface area contributed by atoms with Gasteiger partial charge in [-0.3, -0.25) is 9.59 Å². The standard InChI is InChI=1S/C16H16BrN3O2S/c1-9-12(10(2)20-16(22)13(9)7-18)4-6-15(21)19-8-11-3-5-14(17)23-11/h3,5H,4,6,8H2,1-2H3,(H,19,21)(H,20,22). The Morgan fingerprint density at radius 3 is 2.78 bits per heavy atom. The average Bonchev–Trinajstić information content (AvgIpc) is 2.90. The summed E-state index contributed by atoms with van der Waals surface area (Å²) in [6.07, 6.45) is 0.800. The third-order valence-electron chi connectivity index (χ3n) is 3.61. The minimum Gasteiger partial charge on any atom is -0.351 e. The zero-order valence-electron chi connectivity index (χ0n) is 12.8. The Morgan fingerprint density at radius 1 is 1.43 bits per heavy atom. The van der Waals surface area contributed by atoms with Crippen LogP contribution in [0.5, 0.6) is 0 Å². The van der Waals surface area contributed by atoms with Gasteiger partial charge < -0.3 is 10.3 Å². The molecule has 2 heterocycles. The summed E-state index contributed by atoms with van der Waals surface area (Å²) in [7, 11) is 0. The largest absolute Gasteiger partial charge is 0.351 e. The van der Waals surface area contributed by atoms with Crippen molar-refractivity contribution in [2.24, 2.45) is 0 Å². The van der Waals surface area contributed by atoms with Crippen LogP contribution in [0.1, 0.15) is 33.7 Å². The molecule has 0 aromatic carbocycles. The molecule has 2 aromatic rings. The monoisotopic (exact) mass is 393 g/mol. The number of amides is 1. The lowest BCUT2D eigenvalue weighted by molar-refractivity contribution is -0.121. The van der Waals surface area contributed by atoms with E-state index in [1.165, 1.54) is 0 Å². The fourth-order valence-electron chi connectivity index (χ4n) is 2.38. The number of carbonyl (C=O) groups excluding carboxylic acids is 1. The number of aromatic amines is 1. The summed E-state index contributed by atoms with van der Waals surface area (Å²) in [6, 6.07) is 5.83. The number of thiophene rings is 1. The molecule has 2 N–H and O–H groups in total. The van der Waals surface area contributed by atoms with E-state index < -0.39 is 0 Å². The molecule has 0 atom stereocenters. The highest BCUT2D eigenvalue weighted by molar-refractivity contribution is 9.11. The third-order valence-corrected chi connectivity index (χ3v) is 5.23. The SMILES string of the molecule is Cc1[nH]c(=O)c(C#N)c(C)c1CCC(=O)NCc1ccc(Br)s1. The van der Waals surface area contributed by atoms with Crippen molar-refractivity contribution in [2.75, 3.05) is 0 Å². The highest BCUT2D eigenvalue weighted by Crippen LogP contribution is 2.21. The first-order valence-electron chi connectivity index (χ1n) is 7.05. The van der Waals surface area contributed by atoms with Gasteiger partial charge in [0.15, 0.2) is 0 Å². The van der Waals surface area contributed by atoms with E-state index in [1.807, 2.05) is 18.2 Å². The molecular weight excluding hydrogens is 378 g/mol. The van der Waals surface area contributed by atoms with Gasteiger partial charge in [0.1, 0.15) is 11.6 Å². The van der Waals surface area contributed by atoms with Crippen LogP contribution >= 0.6 is 27.3 Å². The molecule has 0 saturated heterocycles. The Labute approximate surface area is 146 Å². The van der Waals surface area contributed by atoms with Gasteiger partial charge in [-0.05, 0) is 59.5 Å². The Bertz CT molecular complexity index is 833. The Hall–Kier alpha value is -1.91. The number of pyridine rings is 1. The van der Waals surface area contributed by atoms with E-state index in [1.54, 1.807) is 25.2 Å². The molecule has 0 aliphatic rings. The van der Waals surface area contributed by atoms with Gasteiger partial charge in [0.25, 0.3) is 5.56 Å². The zero-order valence-corrected chi connectivity index (χ0v) is 15.2. The summed E-state index contributed by atoms with van der Waals surface area (Å²) in [4.78, 5) is 27.4. The number of hydrogen-bond donors (Lipinski definition) is 2. The number of nitrogens with one attached hydrogen (secondary N) is 2. The van der Waals surface area contributed by atoms with Crippen LogP contribution in [-0.2, 0) is 17.8 Å². The number of hydrogen-bond acceptors (Lipinski definition) is 4. The first-order chi connectivity index (χ1) is 10.9. The van der Waals surface area contributed by atoms with Gasteiger partial charge in [-0.25, -0.2) is 0 Å². The maximum Gasteiger partial charge on any atom is 0.266 e. The first-order valence-corrected chi connectivity index (χ1v) is 8.66. The van der Waals surface area contributed by atoms with Gasteiger partial charge in [-0.15, -0.1) is 11.3 Å². The number of H-pyrrole nitrogens is 1. The molecule has 1 amide bonds. The number of aromatic nitrogens is 1. The summed E-state index contributed by atoms with van der Waals surface area (Å²) >= 11 is 4.97. The van der Waals surface area contributed by atoms with Crippen LogP contribution in [0.4, 0.5) is 0 Å². The maximum atomic E-state index is 12.0. The van der Waals surface area contributed by atoms with Gasteiger partial charge in [0.2, 0.25) is 5.91 Å². The molecule has 5 nitrogen and oxygen atoms in total. The summed E-state index contributed by atoms with van der Waals surface area (Å²) < 4.78 is 1.03. The fraction of sp³-hybridized carbons (Fsp3) is 0.312. The Balaban J connectivity index is 1.99. The van der Waals surface area contributed by atoms with Gasteiger partial charge in [0, 0.05) is 17.0 Å². The average molecular weight is 394 g/mol. The van der Waals surface area contributed by atoms with Crippen molar-refractivity contribution in [3.05, 3.63) is 53.5 Å². The van der Waals surface area contributed by atoms with Crippen molar-refractivity contribution in [3.63, 3.8) is 0 Å². The molecule has 0 bridgehead atoms. The molecule has 2 rings (SSSR count). The number of nitriles is 1. The normalized spacial score (nSPS) is 10.3. The van der Waals surface area contributed by atoms with Gasteiger partial charge >= 0.3 is 0 Å². The second kappa shape index (κ2) is 7.57. The van der Waals surface area contributed by atoms with Gasteiger partial charge in [0.05, 0.1) is 10.3 Å². The lowest BCUT2D eigenvalue weighted by Gasteiger charge is -2.10. The number of nitrogens with zero attached hydrogens (tertiary/aromatic N) is 1. The van der Waals surface area contributed by atoms with Crippen molar-refractivity contribution in [1.82, 2.24) is 10.3 Å². The number of halogens is 1. The van der Waals surface area contributed by atoms with Crippen molar-refractivity contribution >= 4 is 33.2 Å². The predicted octanol–water partition coefficient (Wildman–Crippen LogP) is 2.94. The van der Waals surface area contributed by atoms with E-state index in [0.29, 0.717) is 30.6 Å². The first kappa shape index (κ1) is 17.4. The molecule has 0 aliphatic carbocycles. The van der Waals surface area contributed by atoms with Crippen molar-refractivity contribution in [1.29, 1.82) is 5.26 Å². The quantitative estimate of drug-likeness (QED) is 0.818. The van der Waals surface area contributed by atoms with Crippen LogP contribution in [0, 0.1) is 25.2 Å². The van der Waals surface area contributed by atoms with Crippen LogP contribution < -0.4 is 10.9 Å². The van der Waals surface area contributed by atoms with E-state index in [2.05, 4.69) is 26.2 Å². The lowest BCUT2D eigenvalue weighted by atomic mass is 9.99. The van der Waals surface area contributed by atoms with Crippen LogP contribution in [0.2, 0.25) is 0 Å². The molecule has 2 aromatic heterocycles. The maximum absolute atomic E-state index is 12.0. The van der Waals surface area contributed by atoms with E-state index in [9.17, 15) is 9.59 Å². The van der Waals surface area contributed by atoms with Crippen LogP contribution in [0.25, 0.3) is 0 Å². The molecule has 7 heteroatoms. The topological polar surface area (TPSA) is 85.8 Å². The van der Waals surface area contributed by atoms with Crippen LogP contribution in [0.15, 0.2) is 20.7 Å². The summed E-state index contributed by atoms with van der Waals surface area (Å²) in [6.45, 7) is 4.03. The van der Waals surface area contributed by atoms with Crippen molar-refractivity contribution in [2.45, 2.75) is 33.2 Å². The van der Waals surface area contributed by atoms with E-state index in [0.717, 1.165) is 14.2 Å². The third kappa shape index (κ3) is 4.30. The molecule has 0 fully saturated rings. The highest BCUT2D eigenvalue weighted by Gasteiger charge is 2.13. The molecule has 0 spiro atoms. The van der Waals surface area contributed by atoms with Crippen molar-refractivity contribution < 1.29 is 4.79 Å². The number of aryl methyl sites for hydroxylation is 1. The molecule has 0 saturated carbocycles. The van der Waals surface area contributed by atoms with E-state index in [-0.39, 0.29) is 17.0 Å². The minimum absolute atomic E-state index is 0.0574. The zero-order chi connectivity index (χ0) is 17.0. The van der Waals surface area contributed by atoms with Crippen LogP contribution in [0.3, 0.4) is 0 Å². The predicted molar refractivity (Wildman–Crippen MR) is 93.4 cm³/mol. The Kier molecular flexibility index (Phi) is 5.74. The van der Waals surface area contributed by atoms with Gasteiger partial charge in [-0.1, -0.05) is 0 Å². The second-order valence-electron chi connectivity index (χ2n) is 5.15. The smallest absolute Gasteiger partial charge is 0.266 e. The molecule has 120 valence electrons. The van der Waals surface area contributed by atoms with E-state index in [4.69, 9.17) is 5.26 Å². The lowest BCUT2D eigenvalue weighted by Crippen LogP contribution is -2.23. The summed E-state index contributed by atoms with van der Waals surface area (Å²) in [5.41, 5.74) is 1.97. The van der Waals surface area contributed by atoms with Crippen LogP contribution in [-0.4, -0.2) is 10.9 Å². The molecule has 0 aliphatic heterocycles. The molecule has 0 radical (unpaired) electrons.